The molecule has 0 bridgehead atoms. The van der Waals surface area contributed by atoms with E-state index in [1.54, 1.807) is 36.4 Å². The Kier molecular flexibility index (Phi) is 5.81. The fourth-order valence-electron chi connectivity index (χ4n) is 2.43. The van der Waals surface area contributed by atoms with Gasteiger partial charge in [-0.2, -0.15) is 5.10 Å². The zero-order valence-corrected chi connectivity index (χ0v) is 15.1. The summed E-state index contributed by atoms with van der Waals surface area (Å²) in [6, 6.07) is 19.8. The van der Waals surface area contributed by atoms with Crippen LogP contribution < -0.4 is 10.2 Å². The number of hydrogen-bond donors (Lipinski definition) is 2. The number of hydrazone groups is 1. The zero-order chi connectivity index (χ0) is 19.9. The third kappa shape index (κ3) is 4.82. The van der Waals surface area contributed by atoms with Gasteiger partial charge in [0.05, 0.1) is 11.8 Å². The van der Waals surface area contributed by atoms with Crippen LogP contribution in [0.5, 0.6) is 11.5 Å². The third-order valence-electron chi connectivity index (χ3n) is 3.96. The lowest BCUT2D eigenvalue weighted by Crippen LogP contribution is -2.17. The SMILES string of the molecule is Cc1ccccc1C(=O)Oc1ccc(C=NNC(=O)c2ccc(O)cc2)cc1. The Balaban J connectivity index is 1.57. The summed E-state index contributed by atoms with van der Waals surface area (Å²) in [6.07, 6.45) is 1.48. The van der Waals surface area contributed by atoms with E-state index in [4.69, 9.17) is 4.74 Å². The van der Waals surface area contributed by atoms with Crippen LogP contribution in [0.1, 0.15) is 31.8 Å². The molecule has 0 aliphatic heterocycles. The number of phenols is 1. The maximum atomic E-state index is 12.2. The molecular weight excluding hydrogens is 356 g/mol. The fraction of sp³-hybridized carbons (Fsp3) is 0.0455. The summed E-state index contributed by atoms with van der Waals surface area (Å²) in [6.45, 7) is 1.85. The molecule has 0 aromatic heterocycles. The van der Waals surface area contributed by atoms with E-state index in [2.05, 4.69) is 10.5 Å². The zero-order valence-electron chi connectivity index (χ0n) is 15.1. The van der Waals surface area contributed by atoms with E-state index in [-0.39, 0.29) is 11.7 Å². The van der Waals surface area contributed by atoms with Gasteiger partial charge >= 0.3 is 5.97 Å². The van der Waals surface area contributed by atoms with Crippen molar-refractivity contribution in [3.63, 3.8) is 0 Å². The highest BCUT2D eigenvalue weighted by atomic mass is 16.5. The van der Waals surface area contributed by atoms with E-state index >= 15 is 0 Å². The molecular formula is C22H18N2O4. The summed E-state index contributed by atoms with van der Waals surface area (Å²) >= 11 is 0. The first-order valence-electron chi connectivity index (χ1n) is 8.53. The van der Waals surface area contributed by atoms with Gasteiger partial charge in [-0.05, 0) is 72.6 Å². The van der Waals surface area contributed by atoms with E-state index < -0.39 is 5.97 Å². The van der Waals surface area contributed by atoms with Gasteiger partial charge in [-0.15, -0.1) is 0 Å². The molecule has 6 nitrogen and oxygen atoms in total. The summed E-state index contributed by atoms with van der Waals surface area (Å²) in [4.78, 5) is 24.1. The quantitative estimate of drug-likeness (QED) is 0.309. The Hall–Kier alpha value is -3.93. The lowest BCUT2D eigenvalue weighted by molar-refractivity contribution is 0.0733. The first-order valence-corrected chi connectivity index (χ1v) is 8.53. The van der Waals surface area contributed by atoms with Crippen LogP contribution in [-0.4, -0.2) is 23.2 Å². The highest BCUT2D eigenvalue weighted by molar-refractivity contribution is 5.95. The van der Waals surface area contributed by atoms with Crippen molar-refractivity contribution >= 4 is 18.1 Å². The number of nitrogens with zero attached hydrogens (tertiary/aromatic N) is 1. The van der Waals surface area contributed by atoms with Crippen LogP contribution in [0.2, 0.25) is 0 Å². The normalized spacial score (nSPS) is 10.6. The molecule has 0 aliphatic carbocycles. The van der Waals surface area contributed by atoms with Gasteiger partial charge in [0, 0.05) is 5.56 Å². The monoisotopic (exact) mass is 374 g/mol. The predicted octanol–water partition coefficient (Wildman–Crippen LogP) is 3.68. The molecule has 0 atom stereocenters. The number of rotatable bonds is 5. The number of aryl methyl sites for hydroxylation is 1. The number of amides is 1. The number of carbonyl (C=O) groups is 2. The van der Waals surface area contributed by atoms with Gasteiger partial charge in [0.25, 0.3) is 5.91 Å². The van der Waals surface area contributed by atoms with E-state index in [0.717, 1.165) is 11.1 Å². The maximum Gasteiger partial charge on any atom is 0.343 e. The lowest BCUT2D eigenvalue weighted by Gasteiger charge is -2.06. The molecule has 140 valence electrons. The minimum Gasteiger partial charge on any atom is -0.508 e. The van der Waals surface area contributed by atoms with Crippen molar-refractivity contribution in [2.24, 2.45) is 5.10 Å². The van der Waals surface area contributed by atoms with Crippen LogP contribution in [0, 0.1) is 6.92 Å². The van der Waals surface area contributed by atoms with Gasteiger partial charge in [0.2, 0.25) is 0 Å². The molecule has 0 saturated heterocycles. The second-order valence-electron chi connectivity index (χ2n) is 6.02. The van der Waals surface area contributed by atoms with E-state index in [9.17, 15) is 14.7 Å². The van der Waals surface area contributed by atoms with Crippen LogP contribution in [0.4, 0.5) is 0 Å². The van der Waals surface area contributed by atoms with Crippen molar-refractivity contribution in [1.29, 1.82) is 0 Å². The number of nitrogens with one attached hydrogen (secondary N) is 1. The molecule has 0 spiro atoms. The Morgan fingerprint density at radius 3 is 2.32 bits per heavy atom. The Morgan fingerprint density at radius 1 is 0.964 bits per heavy atom. The van der Waals surface area contributed by atoms with Gasteiger partial charge in [-0.1, -0.05) is 18.2 Å². The topological polar surface area (TPSA) is 88.0 Å². The molecule has 0 radical (unpaired) electrons. The van der Waals surface area contributed by atoms with Crippen LogP contribution in [-0.2, 0) is 0 Å². The molecule has 2 N–H and O–H groups in total. The smallest absolute Gasteiger partial charge is 0.343 e. The van der Waals surface area contributed by atoms with E-state index in [1.807, 2.05) is 19.1 Å². The molecule has 0 fully saturated rings. The molecule has 1 amide bonds. The molecule has 0 heterocycles. The highest BCUT2D eigenvalue weighted by Gasteiger charge is 2.10. The molecule has 3 rings (SSSR count). The van der Waals surface area contributed by atoms with E-state index in [1.165, 1.54) is 30.5 Å². The number of esters is 1. The highest BCUT2D eigenvalue weighted by Crippen LogP contribution is 2.15. The summed E-state index contributed by atoms with van der Waals surface area (Å²) in [7, 11) is 0. The van der Waals surface area contributed by atoms with Crippen molar-refractivity contribution in [2.45, 2.75) is 6.92 Å². The Labute approximate surface area is 162 Å². The van der Waals surface area contributed by atoms with Gasteiger partial charge in [-0.25, -0.2) is 10.2 Å². The summed E-state index contributed by atoms with van der Waals surface area (Å²) in [5.41, 5.74) is 4.88. The largest absolute Gasteiger partial charge is 0.508 e. The van der Waals surface area contributed by atoms with Crippen molar-refractivity contribution in [1.82, 2.24) is 5.43 Å². The average Bonchev–Trinajstić information content (AvgIpc) is 2.70. The Bertz CT molecular complexity index is 1010. The second-order valence-corrected chi connectivity index (χ2v) is 6.02. The Morgan fingerprint density at radius 2 is 1.64 bits per heavy atom. The summed E-state index contributed by atoms with van der Waals surface area (Å²) < 4.78 is 5.37. The van der Waals surface area contributed by atoms with Crippen molar-refractivity contribution in [2.75, 3.05) is 0 Å². The van der Waals surface area contributed by atoms with Crippen molar-refractivity contribution in [3.8, 4) is 11.5 Å². The number of phenolic OH excluding ortho intramolecular Hbond substituents is 1. The van der Waals surface area contributed by atoms with Crippen LogP contribution in [0.15, 0.2) is 77.9 Å². The number of hydrogen-bond acceptors (Lipinski definition) is 5. The molecule has 0 aliphatic rings. The van der Waals surface area contributed by atoms with Crippen LogP contribution in [0.3, 0.4) is 0 Å². The predicted molar refractivity (Wildman–Crippen MR) is 106 cm³/mol. The third-order valence-corrected chi connectivity index (χ3v) is 3.96. The standard InChI is InChI=1S/C22H18N2O4/c1-15-4-2-3-5-20(15)22(27)28-19-12-6-16(7-13-19)14-23-24-21(26)17-8-10-18(25)11-9-17/h2-14,25H,1H3,(H,24,26). The van der Waals surface area contributed by atoms with Crippen molar-refractivity contribution < 1.29 is 19.4 Å². The summed E-state index contributed by atoms with van der Waals surface area (Å²) in [5, 5.41) is 13.1. The molecule has 0 unspecified atom stereocenters. The van der Waals surface area contributed by atoms with Gasteiger partial charge < -0.3 is 9.84 Å². The van der Waals surface area contributed by atoms with Gasteiger partial charge in [0.1, 0.15) is 11.5 Å². The minimum atomic E-state index is -0.416. The second kappa shape index (κ2) is 8.64. The van der Waals surface area contributed by atoms with Gasteiger partial charge in [-0.3, -0.25) is 4.79 Å². The number of benzene rings is 3. The molecule has 3 aromatic rings. The molecule has 28 heavy (non-hydrogen) atoms. The first kappa shape index (κ1) is 18.8. The molecule has 0 saturated carbocycles. The number of carbonyl (C=O) groups excluding carboxylic acids is 2. The first-order chi connectivity index (χ1) is 13.5. The van der Waals surface area contributed by atoms with Crippen LogP contribution >= 0.6 is 0 Å². The lowest BCUT2D eigenvalue weighted by atomic mass is 10.1. The number of ether oxygens (including phenoxy) is 1. The van der Waals surface area contributed by atoms with Gasteiger partial charge in [0.15, 0.2) is 0 Å². The minimum absolute atomic E-state index is 0.0864. The number of aromatic hydroxyl groups is 1. The van der Waals surface area contributed by atoms with Crippen LogP contribution in [0.25, 0.3) is 0 Å². The summed E-state index contributed by atoms with van der Waals surface area (Å²) in [5.74, 6) is -0.303. The molecule has 3 aromatic carbocycles. The fourth-order valence-corrected chi connectivity index (χ4v) is 2.43. The molecule has 6 heteroatoms. The average molecular weight is 374 g/mol. The van der Waals surface area contributed by atoms with Crippen molar-refractivity contribution in [3.05, 3.63) is 95.1 Å². The maximum absolute atomic E-state index is 12.2. The van der Waals surface area contributed by atoms with E-state index in [0.29, 0.717) is 16.9 Å².